The van der Waals surface area contributed by atoms with Crippen molar-refractivity contribution in [2.75, 3.05) is 240 Å². The van der Waals surface area contributed by atoms with E-state index in [2.05, 4.69) is 55.7 Å². The Bertz CT molecular complexity index is 3290. The van der Waals surface area contributed by atoms with E-state index in [-0.39, 0.29) is 256 Å². The minimum Gasteiger partial charge on any atom is -0.481 e. The summed E-state index contributed by atoms with van der Waals surface area (Å²) in [6.07, 6.45) is 3.12. The molecule has 0 aromatic heterocycles. The van der Waals surface area contributed by atoms with Crippen LogP contribution in [0.4, 0.5) is 9.59 Å². The number of hydrogen-bond acceptors (Lipinski definition) is 44. The topological polar surface area (TPSA) is 729 Å². The van der Waals surface area contributed by atoms with E-state index < -0.39 is 97.6 Å². The third-order valence-electron chi connectivity index (χ3n) is 19.7. The van der Waals surface area contributed by atoms with E-state index in [4.69, 9.17) is 136 Å². The number of aliphatic carboxylic acids is 2. The molecule has 0 saturated heterocycles. The fourth-order valence-electron chi connectivity index (χ4n) is 10.8. The number of nitrogens with zero attached hydrogens (tertiary/aromatic N) is 2. The van der Waals surface area contributed by atoms with Crippen LogP contribution in [0.2, 0.25) is 0 Å². The Kier molecular flexibility index (Phi) is 96.8. The molecule has 54 heteroatoms. The highest BCUT2D eigenvalue weighted by molar-refractivity contribution is 6.13. The number of carbonyl (C=O) groups is 14. The van der Waals surface area contributed by atoms with E-state index in [0.29, 0.717) is 123 Å². The standard InChI is InChI=1S/C29H48N4O11.C28H47N5O11.C12H22O7.C11H21NO7.2C7H16O4/c1-4-23(20-34)44-29(40-3)21-43-28(39)7-5-6-22(2)30-12-13-31-25(36)11-16-41-18-19-42-17-14-32-24(35)10-15-33-26(37)8-9-27(33)38;1-4-22(19-34)44-27(40-3)20-43-28(39)32-10-7-21(2)29-11-12-30-24(36)9-15-41-17-18-42-16-13-31-23(35)8-14-33-25(37)5-6-26(33)38;1-3-9(7-13)19-12(17-2)8-18-11(16)6-4-5-10(14)15;1-3-8(6-13)19-10(17-2)7-18-11(16)12-5-4-9(14)15;2*1-3-6(4-8)11-7(5-9)10-2/h8-9,23,29-30,34H,2,4-7,10-21H2,1,3H3,(H,31,36)(H,32,35);5-6,22,27,29,34H,2,4,7-20H2,1,3H3,(H,30,36)(H,31,35)(H,32,39);9,12-13H,3-8H2,1-2H3,(H,14,15);8,10,13H,3-7H2,1-2H3,(H,12,16)(H,14,15);2*6-9H,3-5H2,1-2H3. The first-order valence-electron chi connectivity index (χ1n) is 48.8. The van der Waals surface area contributed by atoms with Gasteiger partial charge in [-0.2, -0.15) is 0 Å². The Morgan fingerprint density at radius 2 is 0.541 bits per heavy atom. The molecule has 860 valence electrons. The number of alkyl carbamates (subject to hydrolysis) is 2. The van der Waals surface area contributed by atoms with Gasteiger partial charge in [0, 0.05) is 195 Å². The molecule has 2 rings (SSSR count). The van der Waals surface area contributed by atoms with E-state index in [0.717, 1.165) is 15.5 Å². The van der Waals surface area contributed by atoms with E-state index in [1.807, 2.05) is 41.5 Å². The summed E-state index contributed by atoms with van der Waals surface area (Å²) in [7, 11) is 8.56. The second-order valence-electron chi connectivity index (χ2n) is 31.1. The van der Waals surface area contributed by atoms with Crippen LogP contribution in [0, 0.1) is 0 Å². The van der Waals surface area contributed by atoms with Crippen molar-refractivity contribution in [3.05, 3.63) is 48.9 Å². The lowest BCUT2D eigenvalue weighted by Crippen LogP contribution is -2.35. The zero-order valence-corrected chi connectivity index (χ0v) is 87.8. The molecule has 0 aromatic rings. The number of hydrogen-bond donors (Lipinski definition) is 18. The zero-order chi connectivity index (χ0) is 112. The van der Waals surface area contributed by atoms with Gasteiger partial charge >= 0.3 is 36.1 Å². The van der Waals surface area contributed by atoms with Crippen LogP contribution in [0.5, 0.6) is 0 Å². The van der Waals surface area contributed by atoms with Crippen LogP contribution in [-0.4, -0.2) is 459 Å². The maximum absolute atomic E-state index is 12.0. The molecule has 10 amide bonds. The molecular formula is C94H170N10O44. The Morgan fingerprint density at radius 1 is 0.284 bits per heavy atom. The largest absolute Gasteiger partial charge is 0.481 e. The molecule has 18 N–H and O–H groups in total. The van der Waals surface area contributed by atoms with Crippen LogP contribution < -0.4 is 42.5 Å². The van der Waals surface area contributed by atoms with Crippen LogP contribution in [0.15, 0.2) is 48.9 Å². The van der Waals surface area contributed by atoms with Crippen LogP contribution in [0.3, 0.4) is 0 Å². The molecule has 148 heavy (non-hydrogen) atoms. The third-order valence-corrected chi connectivity index (χ3v) is 19.7. The van der Waals surface area contributed by atoms with Gasteiger partial charge in [-0.25, -0.2) is 9.59 Å². The summed E-state index contributed by atoms with van der Waals surface area (Å²) < 4.78 is 103. The first-order chi connectivity index (χ1) is 71.0. The number of aliphatic hydroxyl groups is 8. The van der Waals surface area contributed by atoms with Crippen LogP contribution in [-0.2, 0) is 152 Å². The van der Waals surface area contributed by atoms with Crippen molar-refractivity contribution in [3.63, 3.8) is 0 Å². The van der Waals surface area contributed by atoms with Crippen molar-refractivity contribution in [1.29, 1.82) is 0 Å². The van der Waals surface area contributed by atoms with Gasteiger partial charge in [0.15, 0.2) is 37.7 Å². The number of carboxylic acids is 2. The van der Waals surface area contributed by atoms with Crippen LogP contribution >= 0.6 is 0 Å². The summed E-state index contributed by atoms with van der Waals surface area (Å²) >= 11 is 0. The number of nitrogens with one attached hydrogen (secondary N) is 8. The molecule has 2 heterocycles. The summed E-state index contributed by atoms with van der Waals surface area (Å²) in [5.74, 6) is -5.40. The minimum absolute atomic E-state index is 0.0130. The molecule has 2 aliphatic heterocycles. The molecule has 2 aliphatic rings. The zero-order valence-electron chi connectivity index (χ0n) is 87.8. The van der Waals surface area contributed by atoms with Crippen molar-refractivity contribution < 1.29 is 213 Å². The van der Waals surface area contributed by atoms with Gasteiger partial charge in [-0.15, -0.1) is 0 Å². The summed E-state index contributed by atoms with van der Waals surface area (Å²) in [5, 5.41) is 110. The summed E-state index contributed by atoms with van der Waals surface area (Å²) in [6.45, 7) is 22.4. The third kappa shape index (κ3) is 83.9. The fraction of sp³-hybridized carbons (Fsp3) is 0.766. The Hall–Kier alpha value is -9.82. The number of allylic oxidation sites excluding steroid dienone is 1. The molecule has 54 nitrogen and oxygen atoms in total. The van der Waals surface area contributed by atoms with Crippen molar-refractivity contribution in [3.8, 4) is 0 Å². The number of rotatable bonds is 86. The monoisotopic (exact) mass is 2140 g/mol. The second-order valence-corrected chi connectivity index (χ2v) is 31.1. The molecule has 0 saturated carbocycles. The quantitative estimate of drug-likeness (QED) is 0.0108. The van der Waals surface area contributed by atoms with Crippen molar-refractivity contribution in [2.24, 2.45) is 0 Å². The van der Waals surface area contributed by atoms with Crippen molar-refractivity contribution in [1.82, 2.24) is 52.3 Å². The Morgan fingerprint density at radius 3 is 0.824 bits per heavy atom. The lowest BCUT2D eigenvalue weighted by atomic mass is 10.2. The number of amides is 10. The molecule has 0 spiro atoms. The number of esters is 2. The average Bonchev–Trinajstić information content (AvgIpc) is 1.74. The van der Waals surface area contributed by atoms with Gasteiger partial charge in [0.05, 0.1) is 149 Å². The molecular weight excluding hydrogens is 1970 g/mol. The minimum atomic E-state index is -1.01. The number of carbonyl (C=O) groups excluding carboxylic acids is 12. The Labute approximate surface area is 865 Å². The van der Waals surface area contributed by atoms with E-state index in [1.165, 1.54) is 67.0 Å². The second kappa shape index (κ2) is 99.2. The highest BCUT2D eigenvalue weighted by Crippen LogP contribution is 2.14. The predicted molar refractivity (Wildman–Crippen MR) is 525 cm³/mol. The molecule has 12 atom stereocenters. The lowest BCUT2D eigenvalue weighted by Gasteiger charge is -2.21. The SMILES string of the molecule is C=C(CCCC(=O)OCC(OC)OC(CC)CO)NCCNC(=O)CCOCCOCCNC(=O)CCN1C(=O)C=CC1=O.C=C(CCNC(=O)OCC(OC)OC(CC)CO)NCCNC(=O)CCOCCOCCNC(=O)CCN1C(=O)C=CC1=O.CCC(CO)OC(CO)OC.CCC(CO)OC(CO)OC.CCC(CO)OC(COC(=O)CCCC(=O)O)OC.CCC(CO)OC(COC(=O)NCCC(=O)O)OC. The maximum atomic E-state index is 12.0. The van der Waals surface area contributed by atoms with Crippen molar-refractivity contribution >= 4 is 83.3 Å². The molecule has 0 bridgehead atoms. The highest BCUT2D eigenvalue weighted by Gasteiger charge is 2.27. The Balaban J connectivity index is -0.000000915. The van der Waals surface area contributed by atoms with E-state index in [9.17, 15) is 77.3 Å². The number of methoxy groups -OCH3 is 6. The van der Waals surface area contributed by atoms with Gasteiger partial charge in [-0.3, -0.25) is 67.3 Å². The molecule has 0 radical (unpaired) electrons. The summed E-state index contributed by atoms with van der Waals surface area (Å²) in [5.41, 5.74) is 1.43. The van der Waals surface area contributed by atoms with Gasteiger partial charge in [0.1, 0.15) is 26.4 Å². The maximum Gasteiger partial charge on any atom is 0.407 e. The van der Waals surface area contributed by atoms with Gasteiger partial charge in [0.2, 0.25) is 23.6 Å². The van der Waals surface area contributed by atoms with Gasteiger partial charge in [-0.05, 0) is 57.8 Å². The lowest BCUT2D eigenvalue weighted by molar-refractivity contribution is -0.194. The average molecular weight is 2140 g/mol. The first kappa shape index (κ1) is 144. The van der Waals surface area contributed by atoms with Gasteiger partial charge < -0.3 is 188 Å². The van der Waals surface area contributed by atoms with E-state index in [1.54, 1.807) is 0 Å². The normalized spacial score (nSPS) is 14.2. The van der Waals surface area contributed by atoms with Gasteiger partial charge in [-0.1, -0.05) is 54.7 Å². The van der Waals surface area contributed by atoms with Crippen LogP contribution in [0.1, 0.15) is 157 Å². The summed E-state index contributed by atoms with van der Waals surface area (Å²) in [4.78, 5) is 162. The van der Waals surface area contributed by atoms with Gasteiger partial charge in [0.25, 0.3) is 23.6 Å². The molecule has 0 aliphatic carbocycles. The molecule has 0 fully saturated rings. The number of aliphatic hydroxyl groups excluding tert-OH is 8. The van der Waals surface area contributed by atoms with E-state index >= 15 is 0 Å². The summed E-state index contributed by atoms with van der Waals surface area (Å²) in [6, 6.07) is 0. The van der Waals surface area contributed by atoms with Crippen LogP contribution in [0.25, 0.3) is 0 Å². The van der Waals surface area contributed by atoms with Crippen molar-refractivity contribution in [2.45, 2.75) is 231 Å². The fourth-order valence-corrected chi connectivity index (χ4v) is 10.8. The number of imide groups is 2. The highest BCUT2D eigenvalue weighted by atomic mass is 16.7. The number of carboxylic acid groups (broad SMARTS) is 2. The molecule has 0 aromatic carbocycles. The molecule has 12 unspecified atom stereocenters. The smallest absolute Gasteiger partial charge is 0.407 e. The number of ether oxygens (including phenoxy) is 20. The predicted octanol–water partition coefficient (Wildman–Crippen LogP) is -1.56. The first-order valence-corrected chi connectivity index (χ1v) is 48.8.